The lowest BCUT2D eigenvalue weighted by Crippen LogP contribution is -2.72. The predicted octanol–water partition coefficient (Wildman–Crippen LogP) is 2.85. The number of nitrogens with one attached hydrogen (secondary N) is 1. The normalized spacial score (nSPS) is 19.4. The molecule has 3 rings (SSSR count). The van der Waals surface area contributed by atoms with Crippen LogP contribution in [0.3, 0.4) is 0 Å². The third kappa shape index (κ3) is 2.88. The number of carbonyl (C=O) groups excluding carboxylic acids is 1. The van der Waals surface area contributed by atoms with Crippen LogP contribution < -0.4 is 5.32 Å². The summed E-state index contributed by atoms with van der Waals surface area (Å²) in [5.41, 5.74) is 1.02. The van der Waals surface area contributed by atoms with Crippen molar-refractivity contribution in [1.82, 2.24) is 25.0 Å². The van der Waals surface area contributed by atoms with Gasteiger partial charge in [-0.3, -0.25) is 4.68 Å². The first-order valence-electron chi connectivity index (χ1n) is 8.27. The second kappa shape index (κ2) is 5.92. The highest BCUT2D eigenvalue weighted by Crippen LogP contribution is 2.46. The molecular weight excluding hydrogens is 302 g/mol. The Morgan fingerprint density at radius 1 is 1.25 bits per heavy atom. The summed E-state index contributed by atoms with van der Waals surface area (Å²) in [6.45, 7) is 9.93. The van der Waals surface area contributed by atoms with Gasteiger partial charge in [-0.2, -0.15) is 5.10 Å². The Balaban J connectivity index is 1.76. The van der Waals surface area contributed by atoms with Gasteiger partial charge >= 0.3 is 6.03 Å². The van der Waals surface area contributed by atoms with E-state index >= 15 is 0 Å². The molecule has 0 aliphatic carbocycles. The number of carbonyl (C=O) groups is 1. The van der Waals surface area contributed by atoms with E-state index in [0.29, 0.717) is 6.54 Å². The summed E-state index contributed by atoms with van der Waals surface area (Å²) in [6, 6.07) is 9.78. The van der Waals surface area contributed by atoms with Crippen LogP contribution in [-0.4, -0.2) is 37.8 Å². The molecule has 1 aliphatic rings. The van der Waals surface area contributed by atoms with E-state index in [-0.39, 0.29) is 23.0 Å². The number of urea groups is 1. The molecule has 24 heavy (non-hydrogen) atoms. The molecule has 1 aromatic carbocycles. The summed E-state index contributed by atoms with van der Waals surface area (Å²) >= 11 is 0. The van der Waals surface area contributed by atoms with Gasteiger partial charge in [-0.25, -0.2) is 9.78 Å². The van der Waals surface area contributed by atoms with Gasteiger partial charge in [-0.15, -0.1) is 0 Å². The van der Waals surface area contributed by atoms with Gasteiger partial charge in [0.2, 0.25) is 0 Å². The Labute approximate surface area is 142 Å². The van der Waals surface area contributed by atoms with Gasteiger partial charge in [0.05, 0.1) is 12.6 Å². The summed E-state index contributed by atoms with van der Waals surface area (Å²) in [5.74, 6) is 0. The van der Waals surface area contributed by atoms with Crippen LogP contribution in [0.5, 0.6) is 0 Å². The van der Waals surface area contributed by atoms with Crippen LogP contribution in [-0.2, 0) is 6.54 Å². The summed E-state index contributed by atoms with van der Waals surface area (Å²) in [7, 11) is 0. The third-order valence-electron chi connectivity index (χ3n) is 5.47. The van der Waals surface area contributed by atoms with Crippen LogP contribution in [0.25, 0.3) is 0 Å². The van der Waals surface area contributed by atoms with Crippen molar-refractivity contribution < 1.29 is 4.79 Å². The largest absolute Gasteiger partial charge is 0.329 e. The molecule has 1 aliphatic heterocycles. The van der Waals surface area contributed by atoms with E-state index in [4.69, 9.17) is 0 Å². The van der Waals surface area contributed by atoms with Crippen LogP contribution >= 0.6 is 0 Å². The minimum absolute atomic E-state index is 0.0340. The number of hydrogen-bond donors (Lipinski definition) is 1. The molecule has 0 spiro atoms. The molecule has 6 nitrogen and oxygen atoms in total. The number of hydrogen-bond acceptors (Lipinski definition) is 3. The molecule has 128 valence electrons. The van der Waals surface area contributed by atoms with E-state index in [1.807, 2.05) is 35.2 Å². The van der Waals surface area contributed by atoms with Gasteiger partial charge in [-0.05, 0) is 19.4 Å². The minimum Gasteiger partial charge on any atom is -0.329 e. The van der Waals surface area contributed by atoms with E-state index in [0.717, 1.165) is 12.1 Å². The molecule has 1 atom stereocenters. The Morgan fingerprint density at radius 2 is 1.96 bits per heavy atom. The first-order valence-corrected chi connectivity index (χ1v) is 8.27. The van der Waals surface area contributed by atoms with Gasteiger partial charge in [0, 0.05) is 17.5 Å². The van der Waals surface area contributed by atoms with Crippen LogP contribution in [0.2, 0.25) is 0 Å². The fraction of sp³-hybridized carbons (Fsp3) is 0.500. The maximum absolute atomic E-state index is 12.8. The standard InChI is InChI=1S/C18H25N5O/c1-17(2)11-23(18(17,3)4)16(24)21-15(10-22-13-19-12-20-22)14-8-6-5-7-9-14/h5-9,12-13,15H,10-11H2,1-4H3,(H,21,24)/t15-/m1/s1. The summed E-state index contributed by atoms with van der Waals surface area (Å²) in [6.07, 6.45) is 3.17. The lowest BCUT2D eigenvalue weighted by Gasteiger charge is -2.61. The quantitative estimate of drug-likeness (QED) is 0.939. The van der Waals surface area contributed by atoms with E-state index in [2.05, 4.69) is 43.1 Å². The van der Waals surface area contributed by atoms with Crippen molar-refractivity contribution in [3.05, 3.63) is 48.5 Å². The first-order chi connectivity index (χ1) is 11.3. The van der Waals surface area contributed by atoms with Gasteiger partial charge in [0.15, 0.2) is 0 Å². The van der Waals surface area contributed by atoms with Crippen molar-refractivity contribution in [2.24, 2.45) is 5.41 Å². The van der Waals surface area contributed by atoms with Crippen LogP contribution in [0, 0.1) is 5.41 Å². The lowest BCUT2D eigenvalue weighted by atomic mass is 9.65. The number of amides is 2. The van der Waals surface area contributed by atoms with E-state index < -0.39 is 0 Å². The van der Waals surface area contributed by atoms with Crippen molar-refractivity contribution >= 4 is 6.03 Å². The number of benzene rings is 1. The molecule has 1 saturated heterocycles. The molecule has 0 radical (unpaired) electrons. The Morgan fingerprint density at radius 3 is 2.50 bits per heavy atom. The van der Waals surface area contributed by atoms with Crippen molar-refractivity contribution in [3.8, 4) is 0 Å². The van der Waals surface area contributed by atoms with Gasteiger partial charge in [0.25, 0.3) is 0 Å². The van der Waals surface area contributed by atoms with Crippen LogP contribution in [0.15, 0.2) is 43.0 Å². The molecule has 0 saturated carbocycles. The van der Waals surface area contributed by atoms with Crippen molar-refractivity contribution in [3.63, 3.8) is 0 Å². The number of likely N-dealkylation sites (tertiary alicyclic amines) is 1. The average Bonchev–Trinajstić information content (AvgIpc) is 3.06. The number of rotatable bonds is 4. The molecule has 1 aromatic heterocycles. The maximum Gasteiger partial charge on any atom is 0.318 e. The second-order valence-electron chi connectivity index (χ2n) is 7.56. The monoisotopic (exact) mass is 327 g/mol. The zero-order valence-electron chi connectivity index (χ0n) is 14.7. The second-order valence-corrected chi connectivity index (χ2v) is 7.56. The molecule has 0 bridgehead atoms. The predicted molar refractivity (Wildman–Crippen MR) is 92.3 cm³/mol. The number of nitrogens with zero attached hydrogens (tertiary/aromatic N) is 4. The van der Waals surface area contributed by atoms with Gasteiger partial charge in [0.1, 0.15) is 12.7 Å². The van der Waals surface area contributed by atoms with Crippen LogP contribution in [0.4, 0.5) is 4.79 Å². The smallest absolute Gasteiger partial charge is 0.318 e. The van der Waals surface area contributed by atoms with E-state index in [1.54, 1.807) is 11.0 Å². The topological polar surface area (TPSA) is 63.1 Å². The highest BCUT2D eigenvalue weighted by molar-refractivity contribution is 5.77. The summed E-state index contributed by atoms with van der Waals surface area (Å²) < 4.78 is 1.74. The number of aromatic nitrogens is 3. The minimum atomic E-state index is -0.161. The fourth-order valence-corrected chi connectivity index (χ4v) is 3.05. The highest BCUT2D eigenvalue weighted by Gasteiger charge is 2.54. The summed E-state index contributed by atoms with van der Waals surface area (Å²) in [5, 5.41) is 7.33. The molecule has 2 amide bonds. The molecule has 2 heterocycles. The zero-order valence-corrected chi connectivity index (χ0v) is 14.7. The molecule has 1 fully saturated rings. The molecule has 0 unspecified atom stereocenters. The molecular formula is C18H25N5O. The van der Waals surface area contributed by atoms with Crippen molar-refractivity contribution in [1.29, 1.82) is 0 Å². The van der Waals surface area contributed by atoms with E-state index in [9.17, 15) is 4.79 Å². The third-order valence-corrected chi connectivity index (χ3v) is 5.47. The van der Waals surface area contributed by atoms with Crippen molar-refractivity contribution in [2.45, 2.75) is 45.8 Å². The lowest BCUT2D eigenvalue weighted by molar-refractivity contribution is -0.0814. The van der Waals surface area contributed by atoms with Crippen molar-refractivity contribution in [2.75, 3.05) is 6.54 Å². The van der Waals surface area contributed by atoms with Gasteiger partial charge in [-0.1, -0.05) is 44.2 Å². The van der Waals surface area contributed by atoms with Gasteiger partial charge < -0.3 is 10.2 Å². The first kappa shape index (κ1) is 16.5. The molecule has 2 aromatic rings. The van der Waals surface area contributed by atoms with Crippen LogP contribution in [0.1, 0.15) is 39.3 Å². The summed E-state index contributed by atoms with van der Waals surface area (Å²) in [4.78, 5) is 18.7. The Hall–Kier alpha value is -2.37. The molecule has 1 N–H and O–H groups in total. The zero-order chi connectivity index (χ0) is 17.4. The fourth-order valence-electron chi connectivity index (χ4n) is 3.05. The van der Waals surface area contributed by atoms with E-state index in [1.165, 1.54) is 6.33 Å². The Kier molecular flexibility index (Phi) is 4.07. The maximum atomic E-state index is 12.8. The highest BCUT2D eigenvalue weighted by atomic mass is 16.2. The average molecular weight is 327 g/mol. The Bertz CT molecular complexity index is 693. The molecule has 6 heteroatoms. The SMILES string of the molecule is CC1(C)CN(C(=O)N[C@H](Cn2cncn2)c2ccccc2)C1(C)C.